The number of rotatable bonds is 3. The van der Waals surface area contributed by atoms with Gasteiger partial charge in [0.15, 0.2) is 0 Å². The number of carbonyl (C=O) groups is 1. The van der Waals surface area contributed by atoms with Gasteiger partial charge in [-0.1, -0.05) is 17.7 Å². The van der Waals surface area contributed by atoms with Crippen molar-refractivity contribution in [2.75, 3.05) is 32.8 Å². The van der Waals surface area contributed by atoms with Gasteiger partial charge in [-0.05, 0) is 19.1 Å². The van der Waals surface area contributed by atoms with Gasteiger partial charge in [0.05, 0.1) is 11.5 Å². The van der Waals surface area contributed by atoms with Gasteiger partial charge in [-0.25, -0.2) is 8.42 Å². The number of esters is 1. The third-order valence-electron chi connectivity index (χ3n) is 4.28. The first-order valence-electron chi connectivity index (χ1n) is 7.46. The summed E-state index contributed by atoms with van der Waals surface area (Å²) in [6, 6.07) is 6.69. The van der Waals surface area contributed by atoms with Crippen molar-refractivity contribution in [2.45, 2.75) is 24.3 Å². The van der Waals surface area contributed by atoms with Gasteiger partial charge in [0.2, 0.25) is 10.0 Å². The number of carbonyl (C=O) groups excluding carboxylic acids is 1. The van der Waals surface area contributed by atoms with Gasteiger partial charge in [0, 0.05) is 32.6 Å². The van der Waals surface area contributed by atoms with Crippen LogP contribution >= 0.6 is 0 Å². The summed E-state index contributed by atoms with van der Waals surface area (Å²) in [5, 5.41) is 0. The summed E-state index contributed by atoms with van der Waals surface area (Å²) >= 11 is 0. The molecule has 7 heteroatoms. The first kappa shape index (κ1) is 15.5. The number of hydrogen-bond acceptors (Lipinski definition) is 5. The molecule has 2 fully saturated rings. The second-order valence-electron chi connectivity index (χ2n) is 5.73. The van der Waals surface area contributed by atoms with Crippen molar-refractivity contribution < 1.29 is 17.9 Å². The summed E-state index contributed by atoms with van der Waals surface area (Å²) in [4.78, 5) is 14.0. The maximum absolute atomic E-state index is 12.6. The van der Waals surface area contributed by atoms with Gasteiger partial charge in [0.1, 0.15) is 6.04 Å². The van der Waals surface area contributed by atoms with Gasteiger partial charge >= 0.3 is 5.97 Å². The zero-order chi connectivity index (χ0) is 15.7. The fraction of sp³-hybridized carbons (Fsp3) is 0.533. The zero-order valence-corrected chi connectivity index (χ0v) is 13.4. The minimum absolute atomic E-state index is 0.185. The predicted octanol–water partition coefficient (Wildman–Crippen LogP) is 0.617. The zero-order valence-electron chi connectivity index (χ0n) is 12.6. The summed E-state index contributed by atoms with van der Waals surface area (Å²) in [6.07, 6.45) is 0.698. The molecular weight excluding hydrogens is 304 g/mol. The van der Waals surface area contributed by atoms with Crippen LogP contribution in [0.3, 0.4) is 0 Å². The normalized spacial score (nSPS) is 24.4. The van der Waals surface area contributed by atoms with Crippen LogP contribution in [0.5, 0.6) is 0 Å². The average molecular weight is 324 g/mol. The molecule has 0 amide bonds. The third-order valence-corrected chi connectivity index (χ3v) is 6.19. The lowest BCUT2D eigenvalue weighted by atomic mass is 10.2. The standard InChI is InChI=1S/C15H20N2O4S/c1-12-2-4-13(5-3-12)22(19,20)17-9-7-16(8-10-17)14-6-11-21-15(14)18/h2-5,14H,6-11H2,1H3/t14-/m1/s1. The smallest absolute Gasteiger partial charge is 0.323 e. The lowest BCUT2D eigenvalue weighted by Crippen LogP contribution is -2.52. The number of piperazine rings is 1. The Morgan fingerprint density at radius 1 is 1.09 bits per heavy atom. The molecular formula is C15H20N2O4S. The Morgan fingerprint density at radius 3 is 2.27 bits per heavy atom. The number of hydrogen-bond donors (Lipinski definition) is 0. The minimum atomic E-state index is -3.45. The van der Waals surface area contributed by atoms with Crippen LogP contribution in [-0.2, 0) is 19.6 Å². The van der Waals surface area contributed by atoms with Crippen LogP contribution < -0.4 is 0 Å². The first-order valence-corrected chi connectivity index (χ1v) is 8.90. The largest absolute Gasteiger partial charge is 0.464 e. The summed E-state index contributed by atoms with van der Waals surface area (Å²) in [5.41, 5.74) is 1.03. The SMILES string of the molecule is Cc1ccc(S(=O)(=O)N2CCN([C@@H]3CCOC3=O)CC2)cc1. The van der Waals surface area contributed by atoms with Crippen LogP contribution in [0.2, 0.25) is 0 Å². The molecule has 0 N–H and O–H groups in total. The second kappa shape index (κ2) is 5.98. The van der Waals surface area contributed by atoms with Gasteiger partial charge in [-0.15, -0.1) is 0 Å². The molecule has 0 unspecified atom stereocenters. The predicted molar refractivity (Wildman–Crippen MR) is 80.9 cm³/mol. The quantitative estimate of drug-likeness (QED) is 0.763. The van der Waals surface area contributed by atoms with Gasteiger partial charge < -0.3 is 4.74 Å². The fourth-order valence-electron chi connectivity index (χ4n) is 2.93. The Balaban J connectivity index is 1.68. The van der Waals surface area contributed by atoms with Crippen molar-refractivity contribution in [1.29, 1.82) is 0 Å². The van der Waals surface area contributed by atoms with Crippen LogP contribution in [-0.4, -0.2) is 62.4 Å². The molecule has 0 radical (unpaired) electrons. The van der Waals surface area contributed by atoms with E-state index in [1.165, 1.54) is 4.31 Å². The van der Waals surface area contributed by atoms with E-state index in [1.54, 1.807) is 24.3 Å². The second-order valence-corrected chi connectivity index (χ2v) is 7.66. The van der Waals surface area contributed by atoms with Crippen LogP contribution in [0.1, 0.15) is 12.0 Å². The van der Waals surface area contributed by atoms with Crippen molar-refractivity contribution in [3.8, 4) is 0 Å². The molecule has 0 saturated carbocycles. The van der Waals surface area contributed by atoms with Crippen molar-refractivity contribution in [2.24, 2.45) is 0 Å². The molecule has 6 nitrogen and oxygen atoms in total. The highest BCUT2D eigenvalue weighted by atomic mass is 32.2. The molecule has 2 aliphatic heterocycles. The number of nitrogens with zero attached hydrogens (tertiary/aromatic N) is 2. The van der Waals surface area contributed by atoms with Crippen LogP contribution in [0.25, 0.3) is 0 Å². The highest BCUT2D eigenvalue weighted by Gasteiger charge is 2.36. The number of ether oxygens (including phenoxy) is 1. The average Bonchev–Trinajstić information content (AvgIpc) is 2.94. The Bertz CT molecular complexity index is 649. The van der Waals surface area contributed by atoms with E-state index >= 15 is 0 Å². The van der Waals surface area contributed by atoms with Crippen LogP contribution in [0.4, 0.5) is 0 Å². The monoisotopic (exact) mass is 324 g/mol. The van der Waals surface area contributed by atoms with E-state index in [9.17, 15) is 13.2 Å². The lowest BCUT2D eigenvalue weighted by molar-refractivity contribution is -0.142. The molecule has 2 saturated heterocycles. The topological polar surface area (TPSA) is 66.9 Å². The molecule has 1 atom stereocenters. The van der Waals surface area contributed by atoms with E-state index in [2.05, 4.69) is 0 Å². The molecule has 22 heavy (non-hydrogen) atoms. The molecule has 0 spiro atoms. The van der Waals surface area contributed by atoms with E-state index in [1.807, 2.05) is 11.8 Å². The molecule has 2 heterocycles. The van der Waals surface area contributed by atoms with E-state index in [0.717, 1.165) is 5.56 Å². The lowest BCUT2D eigenvalue weighted by Gasteiger charge is -2.35. The van der Waals surface area contributed by atoms with E-state index in [4.69, 9.17) is 4.74 Å². The molecule has 120 valence electrons. The maximum Gasteiger partial charge on any atom is 0.323 e. The van der Waals surface area contributed by atoms with Crippen molar-refractivity contribution >= 4 is 16.0 Å². The molecule has 3 rings (SSSR count). The highest BCUT2D eigenvalue weighted by molar-refractivity contribution is 7.89. The molecule has 0 bridgehead atoms. The molecule has 0 aromatic heterocycles. The van der Waals surface area contributed by atoms with E-state index in [-0.39, 0.29) is 12.0 Å². The minimum Gasteiger partial charge on any atom is -0.464 e. The Morgan fingerprint density at radius 2 is 1.73 bits per heavy atom. The third kappa shape index (κ3) is 2.88. The van der Waals surface area contributed by atoms with Crippen LogP contribution in [0.15, 0.2) is 29.2 Å². The number of benzene rings is 1. The van der Waals surface area contributed by atoms with Gasteiger partial charge in [-0.2, -0.15) is 4.31 Å². The van der Waals surface area contributed by atoms with Crippen molar-refractivity contribution in [1.82, 2.24) is 9.21 Å². The summed E-state index contributed by atoms with van der Waals surface area (Å²) in [7, 11) is -3.45. The van der Waals surface area contributed by atoms with Gasteiger partial charge in [-0.3, -0.25) is 9.69 Å². The number of aryl methyl sites for hydroxylation is 1. The van der Waals surface area contributed by atoms with Crippen molar-refractivity contribution in [3.63, 3.8) is 0 Å². The van der Waals surface area contributed by atoms with Crippen LogP contribution in [0, 0.1) is 6.92 Å². The number of cyclic esters (lactones) is 1. The summed E-state index contributed by atoms with van der Waals surface area (Å²) < 4.78 is 31.7. The first-order chi connectivity index (χ1) is 10.5. The Labute approximate surface area is 130 Å². The Kier molecular flexibility index (Phi) is 4.20. The molecule has 1 aromatic carbocycles. The summed E-state index contributed by atoms with van der Waals surface area (Å²) in [6.45, 7) is 4.32. The Hall–Kier alpha value is -1.44. The molecule has 2 aliphatic rings. The number of sulfonamides is 1. The molecule has 1 aromatic rings. The summed E-state index contributed by atoms with van der Waals surface area (Å²) in [5.74, 6) is -0.185. The fourth-order valence-corrected chi connectivity index (χ4v) is 4.35. The highest BCUT2D eigenvalue weighted by Crippen LogP contribution is 2.21. The molecule has 0 aliphatic carbocycles. The van der Waals surface area contributed by atoms with Gasteiger partial charge in [0.25, 0.3) is 0 Å². The van der Waals surface area contributed by atoms with E-state index < -0.39 is 10.0 Å². The van der Waals surface area contributed by atoms with Crippen molar-refractivity contribution in [3.05, 3.63) is 29.8 Å². The maximum atomic E-state index is 12.6. The van der Waals surface area contributed by atoms with E-state index in [0.29, 0.717) is 44.1 Å².